The molecule has 1 aromatic carbocycles. The topological polar surface area (TPSA) is 37.3 Å². The molecular formula is C12H10ClFO2. The molecule has 0 atom stereocenters. The largest absolute Gasteiger partial charge is 0.481 e. The van der Waals surface area contributed by atoms with E-state index in [4.69, 9.17) is 16.7 Å². The first kappa shape index (κ1) is 12.5. The zero-order chi connectivity index (χ0) is 12.0. The molecule has 0 fully saturated rings. The molecule has 1 rings (SSSR count). The van der Waals surface area contributed by atoms with Crippen LogP contribution in [0.5, 0.6) is 0 Å². The SMILES string of the molecule is O=C(O)Cc1ccc(F)c(C#CCCCl)c1. The molecule has 0 aliphatic rings. The van der Waals surface area contributed by atoms with Gasteiger partial charge < -0.3 is 5.11 Å². The third-order valence-electron chi connectivity index (χ3n) is 1.83. The van der Waals surface area contributed by atoms with Crippen LogP contribution >= 0.6 is 11.6 Å². The van der Waals surface area contributed by atoms with E-state index in [1.807, 2.05) is 0 Å². The molecule has 0 saturated heterocycles. The van der Waals surface area contributed by atoms with Crippen LogP contribution in [0.4, 0.5) is 4.39 Å². The number of carboxylic acid groups (broad SMARTS) is 1. The summed E-state index contributed by atoms with van der Waals surface area (Å²) >= 11 is 5.43. The van der Waals surface area contributed by atoms with Gasteiger partial charge in [0, 0.05) is 12.3 Å². The van der Waals surface area contributed by atoms with Crippen molar-refractivity contribution in [2.45, 2.75) is 12.8 Å². The van der Waals surface area contributed by atoms with Gasteiger partial charge >= 0.3 is 5.97 Å². The summed E-state index contributed by atoms with van der Waals surface area (Å²) < 4.78 is 13.3. The van der Waals surface area contributed by atoms with Crippen molar-refractivity contribution in [3.63, 3.8) is 0 Å². The summed E-state index contributed by atoms with van der Waals surface area (Å²) in [7, 11) is 0. The second-order valence-corrected chi connectivity index (χ2v) is 3.50. The van der Waals surface area contributed by atoms with E-state index >= 15 is 0 Å². The van der Waals surface area contributed by atoms with E-state index in [0.717, 1.165) is 0 Å². The van der Waals surface area contributed by atoms with Crippen LogP contribution in [-0.4, -0.2) is 17.0 Å². The van der Waals surface area contributed by atoms with Crippen LogP contribution < -0.4 is 0 Å². The molecule has 0 unspecified atom stereocenters. The predicted molar refractivity (Wildman–Crippen MR) is 60.0 cm³/mol. The maximum absolute atomic E-state index is 13.3. The maximum atomic E-state index is 13.3. The minimum absolute atomic E-state index is 0.134. The molecular weight excluding hydrogens is 231 g/mol. The van der Waals surface area contributed by atoms with Crippen molar-refractivity contribution < 1.29 is 14.3 Å². The lowest BCUT2D eigenvalue weighted by molar-refractivity contribution is -0.136. The number of benzene rings is 1. The van der Waals surface area contributed by atoms with Gasteiger partial charge in [-0.2, -0.15) is 0 Å². The van der Waals surface area contributed by atoms with Crippen LogP contribution in [0.15, 0.2) is 18.2 Å². The highest BCUT2D eigenvalue weighted by Gasteiger charge is 2.04. The molecule has 0 aliphatic heterocycles. The second kappa shape index (κ2) is 6.14. The number of alkyl halides is 1. The minimum atomic E-state index is -0.953. The van der Waals surface area contributed by atoms with Crippen LogP contribution in [0.1, 0.15) is 17.5 Å². The Hall–Kier alpha value is -1.53. The van der Waals surface area contributed by atoms with E-state index in [2.05, 4.69) is 11.8 Å². The molecule has 4 heteroatoms. The third kappa shape index (κ3) is 3.92. The molecule has 0 radical (unpaired) electrons. The Balaban J connectivity index is 2.91. The molecule has 0 aliphatic carbocycles. The average molecular weight is 241 g/mol. The van der Waals surface area contributed by atoms with Crippen molar-refractivity contribution in [3.8, 4) is 11.8 Å². The molecule has 0 bridgehead atoms. The second-order valence-electron chi connectivity index (χ2n) is 3.13. The summed E-state index contributed by atoms with van der Waals surface area (Å²) in [4.78, 5) is 10.5. The highest BCUT2D eigenvalue weighted by Crippen LogP contribution is 2.10. The monoisotopic (exact) mass is 240 g/mol. The van der Waals surface area contributed by atoms with Crippen molar-refractivity contribution in [2.75, 3.05) is 5.88 Å². The number of carboxylic acids is 1. The van der Waals surface area contributed by atoms with E-state index in [1.165, 1.54) is 18.2 Å². The number of carbonyl (C=O) groups is 1. The molecule has 1 aromatic rings. The van der Waals surface area contributed by atoms with Crippen molar-refractivity contribution >= 4 is 17.6 Å². The minimum Gasteiger partial charge on any atom is -0.481 e. The number of hydrogen-bond acceptors (Lipinski definition) is 1. The molecule has 0 aromatic heterocycles. The zero-order valence-corrected chi connectivity index (χ0v) is 9.22. The Bertz CT molecular complexity index is 446. The van der Waals surface area contributed by atoms with Crippen molar-refractivity contribution in [3.05, 3.63) is 35.1 Å². The summed E-state index contributed by atoms with van der Waals surface area (Å²) in [6, 6.07) is 4.11. The molecule has 84 valence electrons. The van der Waals surface area contributed by atoms with E-state index in [-0.39, 0.29) is 12.0 Å². The van der Waals surface area contributed by atoms with Crippen LogP contribution in [0.25, 0.3) is 0 Å². The fraction of sp³-hybridized carbons (Fsp3) is 0.250. The van der Waals surface area contributed by atoms with Crippen molar-refractivity contribution in [1.29, 1.82) is 0 Å². The first-order chi connectivity index (χ1) is 7.63. The van der Waals surface area contributed by atoms with Crippen LogP contribution in [0.3, 0.4) is 0 Å². The summed E-state index contributed by atoms with van der Waals surface area (Å²) in [5.41, 5.74) is 0.743. The summed E-state index contributed by atoms with van der Waals surface area (Å²) in [6.07, 6.45) is 0.342. The first-order valence-electron chi connectivity index (χ1n) is 4.68. The van der Waals surface area contributed by atoms with Crippen LogP contribution in [-0.2, 0) is 11.2 Å². The lowest BCUT2D eigenvalue weighted by atomic mass is 10.1. The van der Waals surface area contributed by atoms with E-state index in [9.17, 15) is 9.18 Å². The molecule has 2 nitrogen and oxygen atoms in total. The van der Waals surface area contributed by atoms with Gasteiger partial charge in [-0.1, -0.05) is 17.9 Å². The molecule has 0 heterocycles. The summed E-state index contributed by atoms with van der Waals surface area (Å²) in [5, 5.41) is 8.59. The summed E-state index contributed by atoms with van der Waals surface area (Å²) in [6.45, 7) is 0. The normalized spacial score (nSPS) is 9.38. The lowest BCUT2D eigenvalue weighted by Gasteiger charge is -1.99. The highest BCUT2D eigenvalue weighted by atomic mass is 35.5. The highest BCUT2D eigenvalue weighted by molar-refractivity contribution is 6.18. The van der Waals surface area contributed by atoms with Gasteiger partial charge in [0.1, 0.15) is 5.82 Å². The molecule has 1 N–H and O–H groups in total. The van der Waals surface area contributed by atoms with E-state index in [1.54, 1.807) is 0 Å². The standard InChI is InChI=1S/C12H10ClFO2/c13-6-2-1-3-10-7-9(8-12(15)16)4-5-11(10)14/h4-5,7H,2,6,8H2,(H,15,16). The maximum Gasteiger partial charge on any atom is 0.307 e. The van der Waals surface area contributed by atoms with Gasteiger partial charge in [-0.15, -0.1) is 11.6 Å². The van der Waals surface area contributed by atoms with E-state index < -0.39 is 11.8 Å². The Morgan fingerprint density at radius 1 is 1.50 bits per heavy atom. The predicted octanol–water partition coefficient (Wildman–Crippen LogP) is 2.43. The third-order valence-corrected chi connectivity index (χ3v) is 2.02. The first-order valence-corrected chi connectivity index (χ1v) is 5.22. The van der Waals surface area contributed by atoms with Gasteiger partial charge in [-0.3, -0.25) is 4.79 Å². The Kier molecular flexibility index (Phi) is 4.81. The molecule has 0 saturated carbocycles. The number of aliphatic carboxylic acids is 1. The number of halogens is 2. The lowest BCUT2D eigenvalue weighted by Crippen LogP contribution is -2.00. The van der Waals surface area contributed by atoms with Crippen LogP contribution in [0.2, 0.25) is 0 Å². The Morgan fingerprint density at radius 3 is 2.88 bits per heavy atom. The molecule has 0 spiro atoms. The quantitative estimate of drug-likeness (QED) is 0.651. The van der Waals surface area contributed by atoms with Crippen molar-refractivity contribution in [1.82, 2.24) is 0 Å². The number of hydrogen-bond donors (Lipinski definition) is 1. The molecule has 16 heavy (non-hydrogen) atoms. The zero-order valence-electron chi connectivity index (χ0n) is 8.46. The fourth-order valence-corrected chi connectivity index (χ4v) is 1.25. The van der Waals surface area contributed by atoms with Gasteiger partial charge in [-0.05, 0) is 17.7 Å². The van der Waals surface area contributed by atoms with Gasteiger partial charge in [0.15, 0.2) is 0 Å². The van der Waals surface area contributed by atoms with Crippen molar-refractivity contribution in [2.24, 2.45) is 0 Å². The van der Waals surface area contributed by atoms with Gasteiger partial charge in [0.25, 0.3) is 0 Å². The van der Waals surface area contributed by atoms with Gasteiger partial charge in [-0.25, -0.2) is 4.39 Å². The number of rotatable bonds is 3. The van der Waals surface area contributed by atoms with Gasteiger partial charge in [0.2, 0.25) is 0 Å². The Morgan fingerprint density at radius 2 is 2.25 bits per heavy atom. The Labute approximate surface area is 98.0 Å². The van der Waals surface area contributed by atoms with Crippen LogP contribution in [0, 0.1) is 17.7 Å². The smallest absolute Gasteiger partial charge is 0.307 e. The van der Waals surface area contributed by atoms with E-state index in [0.29, 0.717) is 17.9 Å². The molecule has 0 amide bonds. The fourth-order valence-electron chi connectivity index (χ4n) is 1.16. The summed E-state index contributed by atoms with van der Waals surface area (Å²) in [5.74, 6) is 4.32. The van der Waals surface area contributed by atoms with Gasteiger partial charge in [0.05, 0.1) is 12.0 Å². The average Bonchev–Trinajstić information content (AvgIpc) is 2.22.